The van der Waals surface area contributed by atoms with E-state index in [-0.39, 0.29) is 6.03 Å². The quantitative estimate of drug-likeness (QED) is 0.723. The maximum absolute atomic E-state index is 12.2. The van der Waals surface area contributed by atoms with Crippen molar-refractivity contribution in [2.24, 2.45) is 0 Å². The Morgan fingerprint density at radius 1 is 1.19 bits per heavy atom. The van der Waals surface area contributed by atoms with Gasteiger partial charge >= 0.3 is 6.03 Å². The molecule has 1 aliphatic rings. The predicted molar refractivity (Wildman–Crippen MR) is 106 cm³/mol. The molecule has 2 heterocycles. The summed E-state index contributed by atoms with van der Waals surface area (Å²) in [5.74, 6) is 3.12. The van der Waals surface area contributed by atoms with E-state index in [9.17, 15) is 4.79 Å². The number of nitrogens with one attached hydrogen (secondary N) is 2. The van der Waals surface area contributed by atoms with Crippen LogP contribution in [0.5, 0.6) is 11.5 Å². The van der Waals surface area contributed by atoms with Gasteiger partial charge in [-0.15, -0.1) is 10.2 Å². The van der Waals surface area contributed by atoms with Gasteiger partial charge in [0.15, 0.2) is 11.5 Å². The summed E-state index contributed by atoms with van der Waals surface area (Å²) >= 11 is 3.43. The summed E-state index contributed by atoms with van der Waals surface area (Å²) < 4.78 is 13.4. The SMILES string of the molecule is COc1cc(Br)c(NC(=O)NCCc2nnc3n2CCCCC3)cc1OC. The number of urea groups is 1. The number of hydrogen-bond acceptors (Lipinski definition) is 5. The third kappa shape index (κ3) is 4.71. The van der Waals surface area contributed by atoms with E-state index in [1.807, 2.05) is 0 Å². The molecule has 0 spiro atoms. The predicted octanol–water partition coefficient (Wildman–Crippen LogP) is 3.15. The van der Waals surface area contributed by atoms with Gasteiger partial charge in [0.25, 0.3) is 0 Å². The minimum atomic E-state index is -0.293. The highest BCUT2D eigenvalue weighted by atomic mass is 79.9. The Labute approximate surface area is 166 Å². The monoisotopic (exact) mass is 437 g/mol. The van der Waals surface area contributed by atoms with Crippen LogP contribution >= 0.6 is 15.9 Å². The van der Waals surface area contributed by atoms with E-state index in [4.69, 9.17) is 9.47 Å². The van der Waals surface area contributed by atoms with E-state index >= 15 is 0 Å². The highest BCUT2D eigenvalue weighted by Gasteiger charge is 2.15. The number of anilines is 1. The van der Waals surface area contributed by atoms with Gasteiger partial charge in [-0.05, 0) is 28.8 Å². The molecule has 0 radical (unpaired) electrons. The summed E-state index contributed by atoms with van der Waals surface area (Å²) in [4.78, 5) is 12.2. The summed E-state index contributed by atoms with van der Waals surface area (Å²) in [5.41, 5.74) is 0.599. The van der Waals surface area contributed by atoms with Gasteiger partial charge in [-0.3, -0.25) is 0 Å². The number of rotatable bonds is 6. The molecule has 1 aromatic heterocycles. The zero-order chi connectivity index (χ0) is 19.2. The molecule has 1 aromatic carbocycles. The molecular weight excluding hydrogens is 414 g/mol. The Balaban J connectivity index is 1.55. The fraction of sp³-hybridized carbons (Fsp3) is 0.500. The normalized spacial score (nSPS) is 13.4. The molecule has 0 bridgehead atoms. The van der Waals surface area contributed by atoms with Crippen LogP contribution in [0.25, 0.3) is 0 Å². The van der Waals surface area contributed by atoms with E-state index in [0.717, 1.165) is 31.0 Å². The van der Waals surface area contributed by atoms with E-state index in [1.165, 1.54) is 12.8 Å². The van der Waals surface area contributed by atoms with Crippen LogP contribution in [0.2, 0.25) is 0 Å². The Morgan fingerprint density at radius 3 is 2.74 bits per heavy atom. The van der Waals surface area contributed by atoms with Crippen LogP contribution in [0, 0.1) is 0 Å². The number of hydrogen-bond donors (Lipinski definition) is 2. The molecule has 1 aliphatic heterocycles. The Hall–Kier alpha value is -2.29. The fourth-order valence-electron chi connectivity index (χ4n) is 3.13. The molecule has 2 aromatic rings. The Morgan fingerprint density at radius 2 is 1.96 bits per heavy atom. The Bertz CT molecular complexity index is 809. The summed E-state index contributed by atoms with van der Waals surface area (Å²) in [6.45, 7) is 1.44. The van der Waals surface area contributed by atoms with Crippen molar-refractivity contribution in [3.63, 3.8) is 0 Å². The highest BCUT2D eigenvalue weighted by molar-refractivity contribution is 9.10. The van der Waals surface area contributed by atoms with Crippen LogP contribution in [0.4, 0.5) is 10.5 Å². The van der Waals surface area contributed by atoms with Crippen molar-refractivity contribution in [1.29, 1.82) is 0 Å². The molecule has 0 aliphatic carbocycles. The van der Waals surface area contributed by atoms with Crippen molar-refractivity contribution in [3.8, 4) is 11.5 Å². The van der Waals surface area contributed by atoms with Gasteiger partial charge in [-0.25, -0.2) is 4.79 Å². The topological polar surface area (TPSA) is 90.3 Å². The van der Waals surface area contributed by atoms with Crippen LogP contribution in [0.3, 0.4) is 0 Å². The molecular formula is C18H24BrN5O3. The van der Waals surface area contributed by atoms with Gasteiger partial charge in [-0.2, -0.15) is 0 Å². The average Bonchev–Trinajstić information content (AvgIpc) is 2.89. The first-order valence-corrected chi connectivity index (χ1v) is 9.79. The molecule has 27 heavy (non-hydrogen) atoms. The number of methoxy groups -OCH3 is 2. The van der Waals surface area contributed by atoms with Crippen molar-refractivity contribution < 1.29 is 14.3 Å². The minimum Gasteiger partial charge on any atom is -0.493 e. The first kappa shape index (κ1) is 19.5. The van der Waals surface area contributed by atoms with Crippen molar-refractivity contribution >= 4 is 27.6 Å². The van der Waals surface area contributed by atoms with Crippen LogP contribution in [0.1, 0.15) is 30.9 Å². The van der Waals surface area contributed by atoms with Crippen molar-refractivity contribution in [1.82, 2.24) is 20.1 Å². The van der Waals surface area contributed by atoms with Gasteiger partial charge in [0.05, 0.1) is 19.9 Å². The standard InChI is InChI=1S/C18H24BrN5O3/c1-26-14-10-12(19)13(11-15(14)27-2)21-18(25)20-8-7-17-23-22-16-6-4-3-5-9-24(16)17/h10-11H,3-9H2,1-2H3,(H2,20,21,25). The van der Waals surface area contributed by atoms with Crippen molar-refractivity contribution in [3.05, 3.63) is 28.3 Å². The third-order valence-corrected chi connectivity index (χ3v) is 5.20. The summed E-state index contributed by atoms with van der Waals surface area (Å²) in [5, 5.41) is 14.2. The lowest BCUT2D eigenvalue weighted by Crippen LogP contribution is -2.31. The molecule has 8 nitrogen and oxygen atoms in total. The number of carbonyl (C=O) groups excluding carboxylic acids is 1. The molecule has 2 N–H and O–H groups in total. The smallest absolute Gasteiger partial charge is 0.319 e. The van der Waals surface area contributed by atoms with E-state index in [2.05, 4.69) is 41.3 Å². The second-order valence-corrected chi connectivity index (χ2v) is 7.17. The molecule has 146 valence electrons. The fourth-order valence-corrected chi connectivity index (χ4v) is 3.56. The molecule has 3 rings (SSSR count). The second kappa shape index (κ2) is 9.07. The largest absolute Gasteiger partial charge is 0.493 e. The first-order chi connectivity index (χ1) is 13.1. The number of aryl methyl sites for hydroxylation is 1. The molecule has 0 atom stereocenters. The Kier molecular flexibility index (Phi) is 6.54. The second-order valence-electron chi connectivity index (χ2n) is 6.31. The zero-order valence-corrected chi connectivity index (χ0v) is 17.1. The maximum atomic E-state index is 12.2. The van der Waals surface area contributed by atoms with Crippen LogP contribution < -0.4 is 20.1 Å². The van der Waals surface area contributed by atoms with Gasteiger partial charge in [0, 0.05) is 42.5 Å². The summed E-state index contributed by atoms with van der Waals surface area (Å²) in [7, 11) is 3.12. The van der Waals surface area contributed by atoms with Crippen molar-refractivity contribution in [2.45, 2.75) is 38.6 Å². The highest BCUT2D eigenvalue weighted by Crippen LogP contribution is 2.36. The van der Waals surface area contributed by atoms with Crippen LogP contribution in [0.15, 0.2) is 16.6 Å². The summed E-state index contributed by atoms with van der Waals surface area (Å²) in [6.07, 6.45) is 5.17. The lowest BCUT2D eigenvalue weighted by molar-refractivity contribution is 0.252. The van der Waals surface area contributed by atoms with Crippen LogP contribution in [-0.2, 0) is 19.4 Å². The number of ether oxygens (including phenoxy) is 2. The number of carbonyl (C=O) groups is 1. The molecule has 0 saturated carbocycles. The van der Waals surface area contributed by atoms with E-state index < -0.39 is 0 Å². The number of benzene rings is 1. The van der Waals surface area contributed by atoms with E-state index in [1.54, 1.807) is 26.4 Å². The maximum Gasteiger partial charge on any atom is 0.319 e. The van der Waals surface area contributed by atoms with Crippen LogP contribution in [-0.4, -0.2) is 41.6 Å². The average molecular weight is 438 g/mol. The first-order valence-electron chi connectivity index (χ1n) is 8.99. The van der Waals surface area contributed by atoms with Crippen molar-refractivity contribution in [2.75, 3.05) is 26.1 Å². The molecule has 9 heteroatoms. The zero-order valence-electron chi connectivity index (χ0n) is 15.5. The van der Waals surface area contributed by atoms with Gasteiger partial charge in [0.2, 0.25) is 0 Å². The lowest BCUT2D eigenvalue weighted by atomic mass is 10.2. The third-order valence-electron chi connectivity index (χ3n) is 4.54. The van der Waals surface area contributed by atoms with Gasteiger partial charge in [0.1, 0.15) is 11.6 Å². The molecule has 0 saturated heterocycles. The van der Waals surface area contributed by atoms with E-state index in [0.29, 0.717) is 34.6 Å². The number of fused-ring (bicyclic) bond motifs is 1. The lowest BCUT2D eigenvalue weighted by Gasteiger charge is -2.13. The number of halogens is 1. The number of nitrogens with zero attached hydrogens (tertiary/aromatic N) is 3. The molecule has 2 amide bonds. The number of amides is 2. The minimum absolute atomic E-state index is 0.293. The summed E-state index contributed by atoms with van der Waals surface area (Å²) in [6, 6.07) is 3.17. The van der Waals surface area contributed by atoms with Gasteiger partial charge in [-0.1, -0.05) is 6.42 Å². The number of aromatic nitrogens is 3. The molecule has 0 unspecified atom stereocenters. The van der Waals surface area contributed by atoms with Gasteiger partial charge < -0.3 is 24.7 Å². The molecule has 0 fully saturated rings.